The predicted octanol–water partition coefficient (Wildman–Crippen LogP) is 0.497. The number of nitrogens with zero attached hydrogens (tertiary/aromatic N) is 3. The van der Waals surface area contributed by atoms with Gasteiger partial charge in [-0.3, -0.25) is 14.7 Å². The minimum Gasteiger partial charge on any atom is -0.297 e. The summed E-state index contributed by atoms with van der Waals surface area (Å²) in [6.45, 7) is 3.82. The summed E-state index contributed by atoms with van der Waals surface area (Å²) in [5.41, 5.74) is 1.74. The van der Waals surface area contributed by atoms with E-state index in [1.807, 2.05) is 12.3 Å². The molecule has 0 radical (unpaired) electrons. The van der Waals surface area contributed by atoms with E-state index < -0.39 is 9.84 Å². The molecule has 0 bridgehead atoms. The fourth-order valence-corrected chi connectivity index (χ4v) is 3.64. The van der Waals surface area contributed by atoms with E-state index in [0.717, 1.165) is 23.5 Å². The van der Waals surface area contributed by atoms with Crippen molar-refractivity contribution in [3.05, 3.63) is 37.7 Å². The van der Waals surface area contributed by atoms with Crippen molar-refractivity contribution < 1.29 is 8.42 Å². The number of nitrogens with one attached hydrogen (secondary N) is 1. The van der Waals surface area contributed by atoms with Gasteiger partial charge in [0.25, 0.3) is 5.56 Å². The van der Waals surface area contributed by atoms with Gasteiger partial charge in [0, 0.05) is 37.7 Å². The second-order valence-electron chi connectivity index (χ2n) is 5.39. The Balaban J connectivity index is 1.86. The number of fused-ring (bicyclic) bond motifs is 1. The normalized spacial score (nSPS) is 15.7. The summed E-state index contributed by atoms with van der Waals surface area (Å²) in [4.78, 5) is 25.2. The molecule has 3 rings (SSSR count). The van der Waals surface area contributed by atoms with Crippen molar-refractivity contribution in [2.24, 2.45) is 0 Å². The van der Waals surface area contributed by atoms with Crippen LogP contribution in [-0.2, 0) is 29.3 Å². The van der Waals surface area contributed by atoms with Crippen molar-refractivity contribution in [3.8, 4) is 0 Å². The molecule has 2 aromatic rings. The van der Waals surface area contributed by atoms with Crippen LogP contribution in [0.15, 0.2) is 15.3 Å². The average molecular weight is 340 g/mol. The van der Waals surface area contributed by atoms with E-state index in [1.165, 1.54) is 0 Å². The minimum atomic E-state index is -3.51. The van der Waals surface area contributed by atoms with Crippen LogP contribution in [0.2, 0.25) is 0 Å². The third-order valence-corrected chi connectivity index (χ3v) is 5.25. The quantitative estimate of drug-likeness (QED) is 0.817. The number of hydrogen-bond donors (Lipinski definition) is 1. The SMILES string of the molecule is Cc1nc(CN2CCc3nc(S(C)(=O)=O)[nH]c(=O)c3C2)cs1. The Labute approximate surface area is 132 Å². The van der Waals surface area contributed by atoms with Crippen molar-refractivity contribution in [3.63, 3.8) is 0 Å². The molecule has 1 aliphatic heterocycles. The van der Waals surface area contributed by atoms with Crippen LogP contribution >= 0.6 is 11.3 Å². The van der Waals surface area contributed by atoms with E-state index in [4.69, 9.17) is 0 Å². The van der Waals surface area contributed by atoms with Gasteiger partial charge in [-0.25, -0.2) is 18.4 Å². The Hall–Kier alpha value is -1.58. The molecule has 7 nitrogen and oxygen atoms in total. The van der Waals surface area contributed by atoms with E-state index in [9.17, 15) is 13.2 Å². The summed E-state index contributed by atoms with van der Waals surface area (Å²) in [5, 5.41) is 2.78. The maximum atomic E-state index is 12.1. The fourth-order valence-electron chi connectivity index (χ4n) is 2.48. The van der Waals surface area contributed by atoms with Crippen molar-refractivity contribution >= 4 is 21.2 Å². The number of rotatable bonds is 3. The molecule has 0 saturated carbocycles. The molecule has 0 atom stereocenters. The molecule has 3 heterocycles. The first-order valence-corrected chi connectivity index (χ1v) is 9.55. The lowest BCUT2D eigenvalue weighted by atomic mass is 10.1. The van der Waals surface area contributed by atoms with Crippen LogP contribution in [0.25, 0.3) is 0 Å². The molecule has 9 heteroatoms. The molecule has 0 fully saturated rings. The van der Waals surface area contributed by atoms with Gasteiger partial charge in [-0.15, -0.1) is 11.3 Å². The first kappa shape index (κ1) is 15.3. The molecule has 0 spiro atoms. The summed E-state index contributed by atoms with van der Waals surface area (Å²) >= 11 is 1.60. The number of H-pyrrole nitrogens is 1. The summed E-state index contributed by atoms with van der Waals surface area (Å²) in [7, 11) is -3.51. The first-order chi connectivity index (χ1) is 10.3. The molecular weight excluding hydrogens is 324 g/mol. The van der Waals surface area contributed by atoms with Gasteiger partial charge < -0.3 is 0 Å². The van der Waals surface area contributed by atoms with Crippen molar-refractivity contribution in [2.75, 3.05) is 12.8 Å². The molecule has 1 aliphatic rings. The van der Waals surface area contributed by atoms with Gasteiger partial charge in [0.1, 0.15) is 0 Å². The smallest absolute Gasteiger partial charge is 0.256 e. The second kappa shape index (κ2) is 5.56. The van der Waals surface area contributed by atoms with Crippen LogP contribution in [0, 0.1) is 6.92 Å². The van der Waals surface area contributed by atoms with E-state index in [2.05, 4.69) is 19.9 Å². The highest BCUT2D eigenvalue weighted by atomic mass is 32.2. The van der Waals surface area contributed by atoms with Crippen molar-refractivity contribution in [2.45, 2.75) is 31.6 Å². The molecule has 118 valence electrons. The highest BCUT2D eigenvalue weighted by Crippen LogP contribution is 2.18. The standard InChI is InChI=1S/C13H16N4O3S2/c1-8-14-9(7-21-8)5-17-4-3-11-10(6-17)12(18)16-13(15-11)22(2,19)20/h7H,3-6H2,1-2H3,(H,15,16,18). The number of aromatic nitrogens is 3. The number of aromatic amines is 1. The van der Waals surface area contributed by atoms with Gasteiger partial charge in [0.05, 0.1) is 22.0 Å². The van der Waals surface area contributed by atoms with E-state index >= 15 is 0 Å². The first-order valence-electron chi connectivity index (χ1n) is 6.78. The summed E-state index contributed by atoms with van der Waals surface area (Å²) in [6, 6.07) is 0. The van der Waals surface area contributed by atoms with Gasteiger partial charge in [-0.2, -0.15) is 0 Å². The van der Waals surface area contributed by atoms with Crippen LogP contribution in [0.1, 0.15) is 22.0 Å². The van der Waals surface area contributed by atoms with E-state index in [0.29, 0.717) is 30.8 Å². The van der Waals surface area contributed by atoms with Crippen LogP contribution in [-0.4, -0.2) is 41.1 Å². The number of thiazole rings is 1. The van der Waals surface area contributed by atoms with Gasteiger partial charge in [0.2, 0.25) is 15.0 Å². The third-order valence-electron chi connectivity index (χ3n) is 3.53. The lowest BCUT2D eigenvalue weighted by Gasteiger charge is -2.26. The minimum absolute atomic E-state index is 0.250. The lowest BCUT2D eigenvalue weighted by Crippen LogP contribution is -2.36. The molecule has 0 unspecified atom stereocenters. The highest BCUT2D eigenvalue weighted by Gasteiger charge is 2.23. The Bertz CT molecular complexity index is 870. The zero-order valence-corrected chi connectivity index (χ0v) is 13.9. The maximum Gasteiger partial charge on any atom is 0.256 e. The predicted molar refractivity (Wildman–Crippen MR) is 82.6 cm³/mol. The molecule has 1 N–H and O–H groups in total. The number of sulfone groups is 1. The lowest BCUT2D eigenvalue weighted by molar-refractivity contribution is 0.238. The average Bonchev–Trinajstić information content (AvgIpc) is 2.83. The van der Waals surface area contributed by atoms with Gasteiger partial charge in [-0.05, 0) is 6.92 Å². The van der Waals surface area contributed by atoms with Crippen LogP contribution in [0.4, 0.5) is 0 Å². The number of aryl methyl sites for hydroxylation is 1. The molecule has 0 amide bonds. The molecule has 2 aromatic heterocycles. The Kier molecular flexibility index (Phi) is 3.87. The summed E-state index contributed by atoms with van der Waals surface area (Å²) in [6.07, 6.45) is 1.60. The molecule has 0 aromatic carbocycles. The third kappa shape index (κ3) is 3.11. The van der Waals surface area contributed by atoms with Gasteiger partial charge >= 0.3 is 0 Å². The largest absolute Gasteiger partial charge is 0.297 e. The van der Waals surface area contributed by atoms with Gasteiger partial charge in [0.15, 0.2) is 0 Å². The van der Waals surface area contributed by atoms with Crippen LogP contribution in [0.3, 0.4) is 0 Å². The van der Waals surface area contributed by atoms with Crippen LogP contribution in [0.5, 0.6) is 0 Å². The van der Waals surface area contributed by atoms with Crippen LogP contribution < -0.4 is 5.56 Å². The fraction of sp³-hybridized carbons (Fsp3) is 0.462. The molecule has 0 aliphatic carbocycles. The molecule has 22 heavy (non-hydrogen) atoms. The second-order valence-corrected chi connectivity index (χ2v) is 8.38. The highest BCUT2D eigenvalue weighted by molar-refractivity contribution is 7.90. The topological polar surface area (TPSA) is 96.0 Å². The number of hydrogen-bond acceptors (Lipinski definition) is 7. The Morgan fingerprint density at radius 1 is 1.41 bits per heavy atom. The van der Waals surface area contributed by atoms with Gasteiger partial charge in [-0.1, -0.05) is 0 Å². The summed E-state index contributed by atoms with van der Waals surface area (Å²) < 4.78 is 23.1. The van der Waals surface area contributed by atoms with E-state index in [1.54, 1.807) is 11.3 Å². The Morgan fingerprint density at radius 2 is 2.18 bits per heavy atom. The summed E-state index contributed by atoms with van der Waals surface area (Å²) in [5.74, 6) is 0. The van der Waals surface area contributed by atoms with Crippen molar-refractivity contribution in [1.82, 2.24) is 19.9 Å². The maximum absolute atomic E-state index is 12.1. The van der Waals surface area contributed by atoms with Crippen molar-refractivity contribution in [1.29, 1.82) is 0 Å². The molecular formula is C13H16N4O3S2. The monoisotopic (exact) mass is 340 g/mol. The van der Waals surface area contributed by atoms with E-state index in [-0.39, 0.29) is 10.7 Å². The zero-order chi connectivity index (χ0) is 15.9. The molecule has 0 saturated heterocycles. The Morgan fingerprint density at radius 3 is 2.82 bits per heavy atom. The zero-order valence-electron chi connectivity index (χ0n) is 12.3.